The Morgan fingerprint density at radius 1 is 0.893 bits per heavy atom. The second kappa shape index (κ2) is 7.24. The molecule has 0 atom stereocenters. The first kappa shape index (κ1) is 20.4. The van der Waals surface area contributed by atoms with E-state index in [1.807, 2.05) is 47.6 Å². The lowest BCUT2D eigenvalue weighted by Gasteiger charge is -2.21. The number of nitrogens with zero attached hydrogens (tertiary/aromatic N) is 1. The molecule has 0 spiro atoms. The number of hydrogen-bond acceptors (Lipinski definition) is 3. The molecule has 1 fully saturated rings. The molecule has 6 heteroatoms. The highest BCUT2D eigenvalue weighted by Gasteiger charge is 2.26. The molecule has 28 heavy (non-hydrogen) atoms. The first-order chi connectivity index (χ1) is 13.0. The van der Waals surface area contributed by atoms with Crippen LogP contribution in [-0.4, -0.2) is 20.9 Å². The number of nitrogens with one attached hydrogen (secondary N) is 1. The van der Waals surface area contributed by atoms with E-state index < -0.39 is 10.0 Å². The highest BCUT2D eigenvalue weighted by atomic mass is 32.2. The third-order valence-electron chi connectivity index (χ3n) is 6.03. The smallest absolute Gasteiger partial charge is 0.262 e. The molecule has 2 aromatic carbocycles. The maximum Gasteiger partial charge on any atom is 0.262 e. The molecule has 0 saturated carbocycles. The van der Waals surface area contributed by atoms with Gasteiger partial charge in [-0.15, -0.1) is 0 Å². The molecule has 1 aliphatic heterocycles. The van der Waals surface area contributed by atoms with Gasteiger partial charge in [0.25, 0.3) is 10.0 Å². The van der Waals surface area contributed by atoms with Crippen molar-refractivity contribution < 1.29 is 13.2 Å². The largest absolute Gasteiger partial charge is 0.312 e. The van der Waals surface area contributed by atoms with Crippen LogP contribution in [0.4, 0.5) is 11.4 Å². The normalized spacial score (nSPS) is 14.6. The number of carbonyl (C=O) groups is 1. The number of amides is 1. The molecular weight excluding hydrogens is 372 g/mol. The van der Waals surface area contributed by atoms with Crippen molar-refractivity contribution in [1.82, 2.24) is 0 Å². The van der Waals surface area contributed by atoms with Crippen molar-refractivity contribution in [3.8, 4) is 0 Å². The Balaban J connectivity index is 2.04. The van der Waals surface area contributed by atoms with Crippen molar-refractivity contribution in [2.75, 3.05) is 16.2 Å². The molecule has 0 aromatic heterocycles. The average Bonchev–Trinajstić information content (AvgIpc) is 3.05. The van der Waals surface area contributed by atoms with Gasteiger partial charge in [-0.3, -0.25) is 9.52 Å². The lowest BCUT2D eigenvalue weighted by molar-refractivity contribution is -0.117. The molecule has 0 aliphatic carbocycles. The van der Waals surface area contributed by atoms with Crippen LogP contribution in [0, 0.1) is 41.5 Å². The van der Waals surface area contributed by atoms with Crippen LogP contribution in [0.1, 0.15) is 46.2 Å². The van der Waals surface area contributed by atoms with Gasteiger partial charge in [0.15, 0.2) is 0 Å². The molecule has 5 nitrogen and oxygen atoms in total. The van der Waals surface area contributed by atoms with E-state index in [4.69, 9.17) is 0 Å². The monoisotopic (exact) mass is 400 g/mol. The van der Waals surface area contributed by atoms with Crippen molar-refractivity contribution >= 4 is 27.3 Å². The van der Waals surface area contributed by atoms with Crippen molar-refractivity contribution in [3.05, 3.63) is 51.6 Å². The SMILES string of the molecule is Cc1ccc(NS(=O)(=O)c2c(C)c(C)c(C)c(C)c2C)cc1N1CCCC1=O. The number of rotatable bonds is 4. The predicted octanol–water partition coefficient (Wildman–Crippen LogP) is 4.46. The predicted molar refractivity (Wildman–Crippen MR) is 114 cm³/mol. The van der Waals surface area contributed by atoms with E-state index in [9.17, 15) is 13.2 Å². The fourth-order valence-corrected chi connectivity index (χ4v) is 5.59. The minimum atomic E-state index is -3.76. The summed E-state index contributed by atoms with van der Waals surface area (Å²) < 4.78 is 29.2. The Hall–Kier alpha value is -2.34. The Morgan fingerprint density at radius 3 is 2.00 bits per heavy atom. The molecule has 1 aliphatic rings. The first-order valence-electron chi connectivity index (χ1n) is 9.55. The fraction of sp³-hybridized carbons (Fsp3) is 0.409. The Bertz CT molecular complexity index is 1040. The van der Waals surface area contributed by atoms with Gasteiger partial charge in [-0.05, 0) is 93.5 Å². The van der Waals surface area contributed by atoms with Gasteiger partial charge < -0.3 is 4.90 Å². The zero-order valence-electron chi connectivity index (χ0n) is 17.4. The topological polar surface area (TPSA) is 66.5 Å². The van der Waals surface area contributed by atoms with E-state index in [1.54, 1.807) is 17.0 Å². The van der Waals surface area contributed by atoms with Crippen LogP contribution >= 0.6 is 0 Å². The Labute approximate surface area is 167 Å². The molecule has 2 aromatic rings. The van der Waals surface area contributed by atoms with Crippen molar-refractivity contribution in [1.29, 1.82) is 0 Å². The van der Waals surface area contributed by atoms with E-state index >= 15 is 0 Å². The van der Waals surface area contributed by atoms with Gasteiger partial charge in [0.2, 0.25) is 5.91 Å². The van der Waals surface area contributed by atoms with Gasteiger partial charge in [0.05, 0.1) is 10.6 Å². The van der Waals surface area contributed by atoms with Crippen molar-refractivity contribution in [2.45, 2.75) is 59.3 Å². The second-order valence-corrected chi connectivity index (χ2v) is 9.33. The number of carbonyl (C=O) groups excluding carboxylic acids is 1. The summed E-state index contributed by atoms with van der Waals surface area (Å²) in [4.78, 5) is 14.2. The number of benzene rings is 2. The zero-order valence-corrected chi connectivity index (χ0v) is 18.3. The Kier molecular flexibility index (Phi) is 5.28. The third kappa shape index (κ3) is 3.41. The summed E-state index contributed by atoms with van der Waals surface area (Å²) in [7, 11) is -3.76. The number of sulfonamides is 1. The molecular formula is C22H28N2O3S. The van der Waals surface area contributed by atoms with Crippen LogP contribution in [0.15, 0.2) is 23.1 Å². The molecule has 0 bridgehead atoms. The maximum absolute atomic E-state index is 13.2. The minimum absolute atomic E-state index is 0.0829. The van der Waals surface area contributed by atoms with Gasteiger partial charge in [0.1, 0.15) is 0 Å². The van der Waals surface area contributed by atoms with Crippen LogP contribution < -0.4 is 9.62 Å². The summed E-state index contributed by atoms with van der Waals surface area (Å²) in [6.07, 6.45) is 1.37. The number of aryl methyl sites for hydroxylation is 1. The quantitative estimate of drug-likeness (QED) is 0.824. The third-order valence-corrected chi connectivity index (χ3v) is 7.68. The molecule has 150 valence electrons. The molecule has 1 heterocycles. The van der Waals surface area contributed by atoms with Crippen LogP contribution in [0.25, 0.3) is 0 Å². The zero-order chi connectivity index (χ0) is 20.8. The summed E-state index contributed by atoms with van der Waals surface area (Å²) in [5.41, 5.74) is 6.85. The van der Waals surface area contributed by atoms with Crippen molar-refractivity contribution in [3.63, 3.8) is 0 Å². The van der Waals surface area contributed by atoms with Gasteiger partial charge in [-0.25, -0.2) is 8.42 Å². The molecule has 1 amide bonds. The van der Waals surface area contributed by atoms with Gasteiger partial charge in [-0.2, -0.15) is 0 Å². The van der Waals surface area contributed by atoms with Gasteiger partial charge >= 0.3 is 0 Å². The van der Waals surface area contributed by atoms with Crippen molar-refractivity contribution in [2.24, 2.45) is 0 Å². The molecule has 1 N–H and O–H groups in total. The van der Waals surface area contributed by atoms with Gasteiger partial charge in [-0.1, -0.05) is 6.07 Å². The molecule has 0 radical (unpaired) electrons. The number of hydrogen-bond donors (Lipinski definition) is 1. The summed E-state index contributed by atoms with van der Waals surface area (Å²) >= 11 is 0. The average molecular weight is 401 g/mol. The Morgan fingerprint density at radius 2 is 1.46 bits per heavy atom. The number of anilines is 2. The standard InChI is InChI=1S/C22H28N2O3S/c1-13-9-10-19(12-20(13)24-11-7-8-21(24)25)23-28(26,27)22-17(5)15(3)14(2)16(4)18(22)6/h9-10,12,23H,7-8,11H2,1-6H3. The van der Waals surface area contributed by atoms with Crippen LogP contribution in [0.3, 0.4) is 0 Å². The summed E-state index contributed by atoms with van der Waals surface area (Å²) in [6.45, 7) is 12.2. The molecule has 0 unspecified atom stereocenters. The van der Waals surface area contributed by atoms with E-state index in [0.717, 1.165) is 45.5 Å². The second-order valence-electron chi connectivity index (χ2n) is 7.71. The minimum Gasteiger partial charge on any atom is -0.312 e. The maximum atomic E-state index is 13.2. The summed E-state index contributed by atoms with van der Waals surface area (Å²) in [5.74, 6) is 0.0829. The fourth-order valence-electron chi connectivity index (χ4n) is 3.94. The van der Waals surface area contributed by atoms with E-state index in [-0.39, 0.29) is 5.91 Å². The van der Waals surface area contributed by atoms with E-state index in [2.05, 4.69) is 4.72 Å². The summed E-state index contributed by atoms with van der Waals surface area (Å²) in [6, 6.07) is 5.36. The van der Waals surface area contributed by atoms with Gasteiger partial charge in [0, 0.05) is 18.7 Å². The highest BCUT2D eigenvalue weighted by Crippen LogP contribution is 2.33. The highest BCUT2D eigenvalue weighted by molar-refractivity contribution is 7.92. The van der Waals surface area contributed by atoms with Crippen LogP contribution in [-0.2, 0) is 14.8 Å². The lowest BCUT2D eigenvalue weighted by atomic mass is 9.95. The van der Waals surface area contributed by atoms with E-state index in [0.29, 0.717) is 23.5 Å². The van der Waals surface area contributed by atoms with E-state index in [1.165, 1.54) is 0 Å². The molecule has 1 saturated heterocycles. The molecule has 3 rings (SSSR count). The van der Waals surface area contributed by atoms with Crippen LogP contribution in [0.2, 0.25) is 0 Å². The first-order valence-corrected chi connectivity index (χ1v) is 11.0. The lowest BCUT2D eigenvalue weighted by Crippen LogP contribution is -2.25. The summed E-state index contributed by atoms with van der Waals surface area (Å²) in [5, 5.41) is 0. The van der Waals surface area contributed by atoms with Crippen LogP contribution in [0.5, 0.6) is 0 Å².